The van der Waals surface area contributed by atoms with Crippen LogP contribution in [0.4, 0.5) is 11.8 Å². The van der Waals surface area contributed by atoms with Crippen LogP contribution in [0, 0.1) is 0 Å². The summed E-state index contributed by atoms with van der Waals surface area (Å²) < 4.78 is 5.44. The highest BCUT2D eigenvalue weighted by Gasteiger charge is 2.19. The molecule has 1 aromatic carbocycles. The van der Waals surface area contributed by atoms with Crippen LogP contribution >= 0.6 is 0 Å². The van der Waals surface area contributed by atoms with E-state index in [1.165, 1.54) is 0 Å². The Morgan fingerprint density at radius 2 is 2.00 bits per heavy atom. The van der Waals surface area contributed by atoms with Crippen molar-refractivity contribution in [3.63, 3.8) is 0 Å². The molecule has 1 amide bonds. The minimum atomic E-state index is -0.151. The van der Waals surface area contributed by atoms with Gasteiger partial charge in [0.1, 0.15) is 0 Å². The van der Waals surface area contributed by atoms with Gasteiger partial charge in [0.25, 0.3) is 5.91 Å². The Balaban J connectivity index is 1.70. The highest BCUT2D eigenvalue weighted by Crippen LogP contribution is 2.26. The van der Waals surface area contributed by atoms with Gasteiger partial charge in [-0.1, -0.05) is 12.1 Å². The van der Waals surface area contributed by atoms with E-state index in [4.69, 9.17) is 15.5 Å². The highest BCUT2D eigenvalue weighted by molar-refractivity contribution is 5.95. The zero-order chi connectivity index (χ0) is 22.0. The fraction of sp³-hybridized carbons (Fsp3) is 0.381. The van der Waals surface area contributed by atoms with Gasteiger partial charge in [0.2, 0.25) is 5.95 Å². The second kappa shape index (κ2) is 8.78. The third-order valence-electron chi connectivity index (χ3n) is 5.25. The van der Waals surface area contributed by atoms with Gasteiger partial charge in [-0.25, -0.2) is 9.97 Å². The van der Waals surface area contributed by atoms with Crippen molar-refractivity contribution in [2.24, 2.45) is 0 Å². The minimum absolute atomic E-state index is 0.0877. The fourth-order valence-corrected chi connectivity index (χ4v) is 3.27. The van der Waals surface area contributed by atoms with Gasteiger partial charge in [0, 0.05) is 24.2 Å². The normalized spacial score (nSPS) is 15.3. The molecule has 10 nitrogen and oxygen atoms in total. The smallest absolute Gasteiger partial charge is 0.252 e. The van der Waals surface area contributed by atoms with Crippen molar-refractivity contribution in [3.8, 4) is 11.3 Å². The van der Waals surface area contributed by atoms with Gasteiger partial charge < -0.3 is 20.7 Å². The van der Waals surface area contributed by atoms with Crippen molar-refractivity contribution in [1.29, 1.82) is 0 Å². The summed E-state index contributed by atoms with van der Waals surface area (Å²) in [6.07, 6.45) is 1.55. The second-order valence-corrected chi connectivity index (χ2v) is 7.63. The first kappa shape index (κ1) is 20.9. The van der Waals surface area contributed by atoms with Crippen LogP contribution in [0.15, 0.2) is 30.5 Å². The lowest BCUT2D eigenvalue weighted by Gasteiger charge is -2.28. The topological polar surface area (TPSA) is 122 Å². The molecule has 1 atom stereocenters. The summed E-state index contributed by atoms with van der Waals surface area (Å²) in [5.41, 5.74) is 8.87. The molecule has 4 rings (SSSR count). The third-order valence-corrected chi connectivity index (χ3v) is 5.25. The number of anilines is 2. The molecule has 31 heavy (non-hydrogen) atoms. The monoisotopic (exact) mass is 422 g/mol. The van der Waals surface area contributed by atoms with Crippen LogP contribution in [-0.4, -0.2) is 77.3 Å². The number of carbonyl (C=O) groups excluding carboxylic acids is 1. The SMILES string of the molecule is CC(NC(=O)c1cccc(-c2cnc3nc(N)nc(N4CCOCC4)c3n2)c1)N(C)C. The summed E-state index contributed by atoms with van der Waals surface area (Å²) in [7, 11) is 3.82. The molecular formula is C21H26N8O2. The molecule has 1 fully saturated rings. The molecule has 3 aromatic rings. The summed E-state index contributed by atoms with van der Waals surface area (Å²) in [6, 6.07) is 7.31. The van der Waals surface area contributed by atoms with Crippen molar-refractivity contribution in [2.75, 3.05) is 51.0 Å². The highest BCUT2D eigenvalue weighted by atomic mass is 16.5. The zero-order valence-electron chi connectivity index (χ0n) is 17.9. The molecule has 2 aromatic heterocycles. The molecule has 0 bridgehead atoms. The number of hydrogen-bond acceptors (Lipinski definition) is 9. The van der Waals surface area contributed by atoms with Crippen molar-refractivity contribution in [1.82, 2.24) is 30.2 Å². The standard InChI is InChI=1S/C21H26N8O2/c1-13(28(2)3)24-20(30)15-6-4-5-14(11-15)16-12-23-18-17(25-16)19(27-21(22)26-18)29-7-9-31-10-8-29/h4-6,11-13H,7-10H2,1-3H3,(H,24,30)(H2,22,23,26,27). The Bertz CT molecular complexity index is 1100. The van der Waals surface area contributed by atoms with Gasteiger partial charge in [0.05, 0.1) is 31.3 Å². The van der Waals surface area contributed by atoms with Gasteiger partial charge in [0.15, 0.2) is 17.0 Å². The number of nitrogens with one attached hydrogen (secondary N) is 1. The van der Waals surface area contributed by atoms with Crippen LogP contribution in [0.3, 0.4) is 0 Å². The number of aromatic nitrogens is 4. The molecule has 1 unspecified atom stereocenters. The lowest BCUT2D eigenvalue weighted by molar-refractivity contribution is 0.0900. The molecule has 0 aliphatic carbocycles. The maximum Gasteiger partial charge on any atom is 0.252 e. The lowest BCUT2D eigenvalue weighted by Crippen LogP contribution is -2.42. The number of nitrogens with zero attached hydrogens (tertiary/aromatic N) is 6. The molecule has 1 aliphatic rings. The number of morpholine rings is 1. The predicted molar refractivity (Wildman–Crippen MR) is 119 cm³/mol. The van der Waals surface area contributed by atoms with E-state index in [0.29, 0.717) is 54.5 Å². The molecule has 3 N–H and O–H groups in total. The van der Waals surface area contributed by atoms with Crippen LogP contribution in [0.1, 0.15) is 17.3 Å². The van der Waals surface area contributed by atoms with Crippen molar-refractivity contribution < 1.29 is 9.53 Å². The zero-order valence-corrected chi connectivity index (χ0v) is 17.9. The van der Waals surface area contributed by atoms with E-state index < -0.39 is 0 Å². The Hall–Kier alpha value is -3.37. The van der Waals surface area contributed by atoms with Crippen molar-refractivity contribution in [2.45, 2.75) is 13.1 Å². The van der Waals surface area contributed by atoms with Crippen molar-refractivity contribution in [3.05, 3.63) is 36.0 Å². The van der Waals surface area contributed by atoms with E-state index >= 15 is 0 Å². The second-order valence-electron chi connectivity index (χ2n) is 7.63. The molecule has 0 saturated carbocycles. The van der Waals surface area contributed by atoms with E-state index in [0.717, 1.165) is 5.56 Å². The number of nitrogens with two attached hydrogens (primary N) is 1. The van der Waals surface area contributed by atoms with Crippen LogP contribution in [-0.2, 0) is 4.74 Å². The maximum atomic E-state index is 12.6. The number of amides is 1. The van der Waals surface area contributed by atoms with Crippen LogP contribution in [0.2, 0.25) is 0 Å². The number of hydrogen-bond donors (Lipinski definition) is 2. The Labute approximate surface area is 180 Å². The number of rotatable bonds is 5. The molecule has 0 spiro atoms. The Kier molecular flexibility index (Phi) is 5.92. The average Bonchev–Trinajstić information content (AvgIpc) is 2.78. The first-order valence-corrected chi connectivity index (χ1v) is 10.1. The van der Waals surface area contributed by atoms with E-state index in [2.05, 4.69) is 25.2 Å². The minimum Gasteiger partial charge on any atom is -0.378 e. The summed E-state index contributed by atoms with van der Waals surface area (Å²) in [4.78, 5) is 34.5. The van der Waals surface area contributed by atoms with E-state index in [1.807, 2.05) is 38.1 Å². The van der Waals surface area contributed by atoms with Gasteiger partial charge in [-0.3, -0.25) is 9.69 Å². The Morgan fingerprint density at radius 1 is 1.23 bits per heavy atom. The number of benzene rings is 1. The number of ether oxygens (including phenoxy) is 1. The largest absolute Gasteiger partial charge is 0.378 e. The lowest BCUT2D eigenvalue weighted by atomic mass is 10.1. The van der Waals surface area contributed by atoms with Crippen LogP contribution in [0.5, 0.6) is 0 Å². The first-order valence-electron chi connectivity index (χ1n) is 10.1. The van der Waals surface area contributed by atoms with Gasteiger partial charge in [-0.05, 0) is 33.2 Å². The molecule has 3 heterocycles. The fourth-order valence-electron chi connectivity index (χ4n) is 3.27. The summed E-state index contributed by atoms with van der Waals surface area (Å²) in [5, 5.41) is 2.96. The molecule has 162 valence electrons. The maximum absolute atomic E-state index is 12.6. The van der Waals surface area contributed by atoms with Crippen molar-refractivity contribution >= 4 is 28.8 Å². The molecule has 0 radical (unpaired) electrons. The predicted octanol–water partition coefficient (Wildman–Crippen LogP) is 1.14. The van der Waals surface area contributed by atoms with E-state index in [9.17, 15) is 4.79 Å². The van der Waals surface area contributed by atoms with Gasteiger partial charge in [-0.2, -0.15) is 9.97 Å². The van der Waals surface area contributed by atoms with Gasteiger partial charge >= 0.3 is 0 Å². The molecular weight excluding hydrogens is 396 g/mol. The third kappa shape index (κ3) is 4.54. The molecule has 10 heteroatoms. The quantitative estimate of drug-likeness (QED) is 0.583. The van der Waals surface area contributed by atoms with Crippen LogP contribution in [0.25, 0.3) is 22.4 Å². The summed E-state index contributed by atoms with van der Waals surface area (Å²) in [6.45, 7) is 4.53. The Morgan fingerprint density at radius 3 is 2.74 bits per heavy atom. The van der Waals surface area contributed by atoms with Gasteiger partial charge in [-0.15, -0.1) is 0 Å². The summed E-state index contributed by atoms with van der Waals surface area (Å²) >= 11 is 0. The number of fused-ring (bicyclic) bond motifs is 1. The van der Waals surface area contributed by atoms with E-state index in [1.54, 1.807) is 18.3 Å². The number of nitrogen functional groups attached to an aromatic ring is 1. The summed E-state index contributed by atoms with van der Waals surface area (Å²) in [5.74, 6) is 0.653. The van der Waals surface area contributed by atoms with E-state index in [-0.39, 0.29) is 18.0 Å². The average molecular weight is 422 g/mol. The molecule has 1 aliphatic heterocycles. The van der Waals surface area contributed by atoms with Crippen LogP contribution < -0.4 is 16.0 Å². The molecule has 1 saturated heterocycles. The first-order chi connectivity index (χ1) is 14.9. The number of carbonyl (C=O) groups is 1.